The summed E-state index contributed by atoms with van der Waals surface area (Å²) in [7, 11) is 1.78. The molecule has 0 saturated heterocycles. The van der Waals surface area contributed by atoms with Crippen molar-refractivity contribution < 1.29 is 4.79 Å². The fourth-order valence-electron chi connectivity index (χ4n) is 1.56. The SMILES string of the molecule is Cc1ccc(N(C)C(=O)CCCl)c(C)c1. The molecule has 0 aliphatic rings. The number of aryl methyl sites for hydroxylation is 2. The van der Waals surface area contributed by atoms with Gasteiger partial charge in [-0.2, -0.15) is 0 Å². The molecule has 0 heterocycles. The fourth-order valence-corrected chi connectivity index (χ4v) is 1.73. The zero-order valence-electron chi connectivity index (χ0n) is 9.38. The van der Waals surface area contributed by atoms with Gasteiger partial charge in [0.25, 0.3) is 0 Å². The van der Waals surface area contributed by atoms with Crippen LogP contribution in [0.4, 0.5) is 5.69 Å². The lowest BCUT2D eigenvalue weighted by Gasteiger charge is -2.19. The number of benzene rings is 1. The molecule has 0 aromatic heterocycles. The number of nitrogens with zero attached hydrogens (tertiary/aromatic N) is 1. The molecule has 82 valence electrons. The van der Waals surface area contributed by atoms with Crippen molar-refractivity contribution in [2.24, 2.45) is 0 Å². The second kappa shape index (κ2) is 5.17. The Labute approximate surface area is 95.8 Å². The van der Waals surface area contributed by atoms with Crippen LogP contribution in [0.15, 0.2) is 18.2 Å². The molecule has 0 aliphatic carbocycles. The predicted octanol–water partition coefficient (Wildman–Crippen LogP) is 2.90. The van der Waals surface area contributed by atoms with Crippen LogP contribution in [0.2, 0.25) is 0 Å². The molecular formula is C12H16ClNO. The summed E-state index contributed by atoms with van der Waals surface area (Å²) in [6.45, 7) is 4.05. The minimum Gasteiger partial charge on any atom is -0.315 e. The molecule has 0 saturated carbocycles. The number of hydrogen-bond donors (Lipinski definition) is 0. The molecule has 0 aliphatic heterocycles. The van der Waals surface area contributed by atoms with E-state index >= 15 is 0 Å². The summed E-state index contributed by atoms with van der Waals surface area (Å²) in [5.41, 5.74) is 3.27. The van der Waals surface area contributed by atoms with Gasteiger partial charge in [0.2, 0.25) is 5.91 Å². The average Bonchev–Trinajstić information content (AvgIpc) is 2.17. The molecule has 0 unspecified atom stereocenters. The average molecular weight is 226 g/mol. The van der Waals surface area contributed by atoms with E-state index in [1.807, 2.05) is 26.0 Å². The molecule has 0 atom stereocenters. The molecule has 2 nitrogen and oxygen atoms in total. The van der Waals surface area contributed by atoms with Crippen molar-refractivity contribution in [1.29, 1.82) is 0 Å². The minimum atomic E-state index is 0.0527. The molecule has 15 heavy (non-hydrogen) atoms. The molecule has 1 aromatic carbocycles. The van der Waals surface area contributed by atoms with Crippen molar-refractivity contribution in [3.8, 4) is 0 Å². The highest BCUT2D eigenvalue weighted by molar-refractivity contribution is 6.19. The predicted molar refractivity (Wildman–Crippen MR) is 64.7 cm³/mol. The maximum absolute atomic E-state index is 11.6. The first-order chi connectivity index (χ1) is 7.06. The number of hydrogen-bond acceptors (Lipinski definition) is 1. The maximum Gasteiger partial charge on any atom is 0.227 e. The lowest BCUT2D eigenvalue weighted by atomic mass is 10.1. The normalized spacial score (nSPS) is 10.1. The molecule has 1 amide bonds. The van der Waals surface area contributed by atoms with E-state index in [0.29, 0.717) is 12.3 Å². The standard InChI is InChI=1S/C12H16ClNO/c1-9-4-5-11(10(2)8-9)14(3)12(15)6-7-13/h4-5,8H,6-7H2,1-3H3. The van der Waals surface area contributed by atoms with Gasteiger partial charge in [-0.05, 0) is 25.5 Å². The summed E-state index contributed by atoms with van der Waals surface area (Å²) >= 11 is 5.55. The first-order valence-electron chi connectivity index (χ1n) is 4.96. The van der Waals surface area contributed by atoms with E-state index < -0.39 is 0 Å². The first-order valence-corrected chi connectivity index (χ1v) is 5.49. The number of amides is 1. The van der Waals surface area contributed by atoms with Gasteiger partial charge in [0.1, 0.15) is 0 Å². The third-order valence-electron chi connectivity index (χ3n) is 2.40. The van der Waals surface area contributed by atoms with Gasteiger partial charge in [-0.25, -0.2) is 0 Å². The van der Waals surface area contributed by atoms with Gasteiger partial charge < -0.3 is 4.90 Å². The van der Waals surface area contributed by atoms with Gasteiger partial charge in [0.05, 0.1) is 0 Å². The highest BCUT2D eigenvalue weighted by Crippen LogP contribution is 2.20. The van der Waals surface area contributed by atoms with Crippen LogP contribution in [0.5, 0.6) is 0 Å². The van der Waals surface area contributed by atoms with Crippen LogP contribution >= 0.6 is 11.6 Å². The summed E-state index contributed by atoms with van der Waals surface area (Å²) in [5, 5.41) is 0. The lowest BCUT2D eigenvalue weighted by molar-refractivity contribution is -0.117. The molecule has 1 rings (SSSR count). The topological polar surface area (TPSA) is 20.3 Å². The van der Waals surface area contributed by atoms with Gasteiger partial charge in [0.15, 0.2) is 0 Å². The second-order valence-electron chi connectivity index (χ2n) is 3.68. The summed E-state index contributed by atoms with van der Waals surface area (Å²) in [4.78, 5) is 13.3. The Hall–Kier alpha value is -1.02. The summed E-state index contributed by atoms with van der Waals surface area (Å²) in [6, 6.07) is 6.05. The highest BCUT2D eigenvalue weighted by Gasteiger charge is 2.11. The number of rotatable bonds is 3. The first kappa shape index (κ1) is 12.1. The summed E-state index contributed by atoms with van der Waals surface area (Å²) in [6.07, 6.45) is 0.380. The van der Waals surface area contributed by atoms with Gasteiger partial charge in [-0.1, -0.05) is 17.7 Å². The van der Waals surface area contributed by atoms with Crippen molar-refractivity contribution >= 4 is 23.2 Å². The molecular weight excluding hydrogens is 210 g/mol. The van der Waals surface area contributed by atoms with Crippen molar-refractivity contribution in [1.82, 2.24) is 0 Å². The monoisotopic (exact) mass is 225 g/mol. The van der Waals surface area contributed by atoms with Crippen molar-refractivity contribution in [2.75, 3.05) is 17.8 Å². The Bertz CT molecular complexity index is 363. The van der Waals surface area contributed by atoms with Gasteiger partial charge in [-0.3, -0.25) is 4.79 Å². The number of carbonyl (C=O) groups is 1. The molecule has 3 heteroatoms. The van der Waals surface area contributed by atoms with E-state index in [2.05, 4.69) is 6.07 Å². The highest BCUT2D eigenvalue weighted by atomic mass is 35.5. The Morgan fingerprint density at radius 3 is 2.60 bits per heavy atom. The third-order valence-corrected chi connectivity index (χ3v) is 2.59. The quantitative estimate of drug-likeness (QED) is 0.725. The maximum atomic E-state index is 11.6. The van der Waals surface area contributed by atoms with Crippen LogP contribution < -0.4 is 4.90 Å². The van der Waals surface area contributed by atoms with Crippen molar-refractivity contribution in [2.45, 2.75) is 20.3 Å². The lowest BCUT2D eigenvalue weighted by Crippen LogP contribution is -2.26. The summed E-state index contributed by atoms with van der Waals surface area (Å²) < 4.78 is 0. The fraction of sp³-hybridized carbons (Fsp3) is 0.417. The Kier molecular flexibility index (Phi) is 4.15. The van der Waals surface area contributed by atoms with Gasteiger partial charge >= 0.3 is 0 Å². The van der Waals surface area contributed by atoms with Crippen LogP contribution in [0.1, 0.15) is 17.5 Å². The van der Waals surface area contributed by atoms with E-state index in [0.717, 1.165) is 11.3 Å². The van der Waals surface area contributed by atoms with E-state index in [1.54, 1.807) is 11.9 Å². The van der Waals surface area contributed by atoms with Crippen LogP contribution in [-0.4, -0.2) is 18.8 Å². The smallest absolute Gasteiger partial charge is 0.227 e. The van der Waals surface area contributed by atoms with Crippen LogP contribution in [0.3, 0.4) is 0 Å². The van der Waals surface area contributed by atoms with Crippen LogP contribution in [0, 0.1) is 13.8 Å². The van der Waals surface area contributed by atoms with Gasteiger partial charge in [0, 0.05) is 25.0 Å². The zero-order chi connectivity index (χ0) is 11.4. The number of anilines is 1. The molecule has 1 aromatic rings. The number of carbonyl (C=O) groups excluding carboxylic acids is 1. The zero-order valence-corrected chi connectivity index (χ0v) is 10.1. The van der Waals surface area contributed by atoms with Crippen molar-refractivity contribution in [3.05, 3.63) is 29.3 Å². The van der Waals surface area contributed by atoms with E-state index in [4.69, 9.17) is 11.6 Å². The van der Waals surface area contributed by atoms with Gasteiger partial charge in [-0.15, -0.1) is 11.6 Å². The largest absolute Gasteiger partial charge is 0.315 e. The molecule has 0 fully saturated rings. The van der Waals surface area contributed by atoms with E-state index in [1.165, 1.54) is 5.56 Å². The minimum absolute atomic E-state index is 0.0527. The Balaban J connectivity index is 2.91. The van der Waals surface area contributed by atoms with Crippen LogP contribution in [0.25, 0.3) is 0 Å². The Morgan fingerprint density at radius 2 is 2.07 bits per heavy atom. The van der Waals surface area contributed by atoms with E-state index in [9.17, 15) is 4.79 Å². The summed E-state index contributed by atoms with van der Waals surface area (Å²) in [5.74, 6) is 0.422. The molecule has 0 radical (unpaired) electrons. The van der Waals surface area contributed by atoms with Crippen molar-refractivity contribution in [3.63, 3.8) is 0 Å². The van der Waals surface area contributed by atoms with Crippen LogP contribution in [-0.2, 0) is 4.79 Å². The number of alkyl halides is 1. The molecule has 0 N–H and O–H groups in total. The molecule has 0 spiro atoms. The third kappa shape index (κ3) is 2.96. The van der Waals surface area contributed by atoms with E-state index in [-0.39, 0.29) is 5.91 Å². The second-order valence-corrected chi connectivity index (χ2v) is 4.06. The Morgan fingerprint density at radius 1 is 1.40 bits per heavy atom. The number of halogens is 1. The molecule has 0 bridgehead atoms.